The topological polar surface area (TPSA) is 61.8 Å². The van der Waals surface area contributed by atoms with Gasteiger partial charge in [-0.15, -0.1) is 0 Å². The van der Waals surface area contributed by atoms with E-state index in [1.165, 1.54) is 32.1 Å². The van der Waals surface area contributed by atoms with Gasteiger partial charge >= 0.3 is 11.9 Å². The number of para-hydroxylation sites is 1. The molecule has 0 aliphatic rings. The number of rotatable bonds is 17. The standard InChI is InChI=1S/C28H38O5/c1-2-3-4-5-6-7-13-21-31-27(29)19-11-12-20-28(30)32-23-24-15-14-18-26(22-24)33-25-16-9-8-10-17-25/h8-10,14-18,22H,2-7,11-13,19-21,23H2,1H3. The minimum atomic E-state index is -0.263. The van der Waals surface area contributed by atoms with E-state index in [0.29, 0.717) is 38.0 Å². The van der Waals surface area contributed by atoms with Crippen LogP contribution in [0.1, 0.15) is 83.1 Å². The number of unbranched alkanes of at least 4 members (excludes halogenated alkanes) is 7. The third-order valence-corrected chi connectivity index (χ3v) is 5.30. The monoisotopic (exact) mass is 454 g/mol. The molecule has 0 bridgehead atoms. The van der Waals surface area contributed by atoms with E-state index in [2.05, 4.69) is 6.92 Å². The van der Waals surface area contributed by atoms with E-state index < -0.39 is 0 Å². The molecular formula is C28H38O5. The molecule has 0 spiro atoms. The maximum absolute atomic E-state index is 12.0. The second-order valence-electron chi connectivity index (χ2n) is 8.27. The van der Waals surface area contributed by atoms with E-state index in [4.69, 9.17) is 14.2 Å². The number of benzene rings is 2. The molecule has 33 heavy (non-hydrogen) atoms. The fourth-order valence-corrected chi connectivity index (χ4v) is 3.42. The van der Waals surface area contributed by atoms with Crippen molar-refractivity contribution in [3.05, 3.63) is 60.2 Å². The summed E-state index contributed by atoms with van der Waals surface area (Å²) < 4.78 is 16.4. The first-order valence-corrected chi connectivity index (χ1v) is 12.3. The summed E-state index contributed by atoms with van der Waals surface area (Å²) in [5, 5.41) is 0. The normalized spacial score (nSPS) is 10.6. The first-order chi connectivity index (χ1) is 16.2. The molecule has 0 heterocycles. The Bertz CT molecular complexity index is 803. The third-order valence-electron chi connectivity index (χ3n) is 5.30. The second kappa shape index (κ2) is 16.8. The van der Waals surface area contributed by atoms with E-state index in [1.807, 2.05) is 54.6 Å². The van der Waals surface area contributed by atoms with Gasteiger partial charge < -0.3 is 14.2 Å². The van der Waals surface area contributed by atoms with Gasteiger partial charge in [0.25, 0.3) is 0 Å². The van der Waals surface area contributed by atoms with Crippen molar-refractivity contribution in [2.24, 2.45) is 0 Å². The largest absolute Gasteiger partial charge is 0.466 e. The molecular weight excluding hydrogens is 416 g/mol. The summed E-state index contributed by atoms with van der Waals surface area (Å²) in [6.07, 6.45) is 10.3. The van der Waals surface area contributed by atoms with E-state index in [1.54, 1.807) is 0 Å². The maximum atomic E-state index is 12.0. The molecule has 2 rings (SSSR count). The highest BCUT2D eigenvalue weighted by Gasteiger charge is 2.07. The molecule has 0 atom stereocenters. The second-order valence-corrected chi connectivity index (χ2v) is 8.27. The molecule has 5 nitrogen and oxygen atoms in total. The molecule has 0 radical (unpaired) electrons. The summed E-state index contributed by atoms with van der Waals surface area (Å²) in [6.45, 7) is 2.92. The predicted octanol–water partition coefficient (Wildman–Crippen LogP) is 7.38. The zero-order chi connectivity index (χ0) is 23.6. The van der Waals surface area contributed by atoms with E-state index in [9.17, 15) is 9.59 Å². The van der Waals surface area contributed by atoms with Crippen molar-refractivity contribution in [2.75, 3.05) is 6.61 Å². The summed E-state index contributed by atoms with van der Waals surface area (Å²) in [5.74, 6) is 1.02. The van der Waals surface area contributed by atoms with Crippen molar-refractivity contribution in [1.29, 1.82) is 0 Å². The van der Waals surface area contributed by atoms with Gasteiger partial charge in [-0.25, -0.2) is 0 Å². The van der Waals surface area contributed by atoms with Gasteiger partial charge in [-0.1, -0.05) is 75.8 Å². The molecule has 5 heteroatoms. The summed E-state index contributed by atoms with van der Waals surface area (Å²) in [4.78, 5) is 23.8. The lowest BCUT2D eigenvalue weighted by Gasteiger charge is -2.09. The molecule has 0 unspecified atom stereocenters. The minimum Gasteiger partial charge on any atom is -0.466 e. The van der Waals surface area contributed by atoms with Crippen LogP contribution in [-0.2, 0) is 25.7 Å². The number of hydrogen-bond donors (Lipinski definition) is 0. The summed E-state index contributed by atoms with van der Waals surface area (Å²) in [5.41, 5.74) is 0.866. The van der Waals surface area contributed by atoms with E-state index in [-0.39, 0.29) is 18.5 Å². The van der Waals surface area contributed by atoms with Gasteiger partial charge in [0.15, 0.2) is 0 Å². The van der Waals surface area contributed by atoms with Gasteiger partial charge in [-0.2, -0.15) is 0 Å². The Morgan fingerprint density at radius 2 is 1.30 bits per heavy atom. The van der Waals surface area contributed by atoms with E-state index in [0.717, 1.165) is 24.2 Å². The zero-order valence-corrected chi connectivity index (χ0v) is 19.9. The average Bonchev–Trinajstić information content (AvgIpc) is 2.83. The lowest BCUT2D eigenvalue weighted by atomic mass is 10.1. The lowest BCUT2D eigenvalue weighted by molar-refractivity contribution is -0.146. The van der Waals surface area contributed by atoms with Crippen LogP contribution in [0, 0.1) is 0 Å². The van der Waals surface area contributed by atoms with Crippen LogP contribution >= 0.6 is 0 Å². The van der Waals surface area contributed by atoms with Crippen LogP contribution < -0.4 is 4.74 Å². The Morgan fingerprint density at radius 1 is 0.667 bits per heavy atom. The van der Waals surface area contributed by atoms with Crippen LogP contribution in [0.2, 0.25) is 0 Å². The first kappa shape index (κ1) is 26.4. The van der Waals surface area contributed by atoms with Gasteiger partial charge in [-0.3, -0.25) is 9.59 Å². The Balaban J connectivity index is 1.51. The van der Waals surface area contributed by atoms with Crippen molar-refractivity contribution >= 4 is 11.9 Å². The van der Waals surface area contributed by atoms with Crippen molar-refractivity contribution in [3.63, 3.8) is 0 Å². The van der Waals surface area contributed by atoms with Crippen LogP contribution in [0.25, 0.3) is 0 Å². The van der Waals surface area contributed by atoms with Crippen LogP contribution in [0.3, 0.4) is 0 Å². The molecule has 0 N–H and O–H groups in total. The van der Waals surface area contributed by atoms with Crippen LogP contribution in [-0.4, -0.2) is 18.5 Å². The van der Waals surface area contributed by atoms with Gasteiger partial charge in [0.1, 0.15) is 18.1 Å². The van der Waals surface area contributed by atoms with Crippen LogP contribution in [0.5, 0.6) is 11.5 Å². The number of esters is 2. The summed E-state index contributed by atoms with van der Waals surface area (Å²) >= 11 is 0. The summed E-state index contributed by atoms with van der Waals surface area (Å²) in [7, 11) is 0. The highest BCUT2D eigenvalue weighted by atomic mass is 16.5. The van der Waals surface area contributed by atoms with Gasteiger partial charge in [-0.05, 0) is 49.1 Å². The Labute approximate surface area is 198 Å². The number of hydrogen-bond acceptors (Lipinski definition) is 5. The fraction of sp³-hybridized carbons (Fsp3) is 0.500. The van der Waals surface area contributed by atoms with Crippen LogP contribution in [0.4, 0.5) is 0 Å². The molecule has 0 aromatic heterocycles. The van der Waals surface area contributed by atoms with Crippen molar-refractivity contribution in [1.82, 2.24) is 0 Å². The zero-order valence-electron chi connectivity index (χ0n) is 19.9. The molecule has 0 saturated carbocycles. The highest BCUT2D eigenvalue weighted by molar-refractivity contribution is 5.70. The summed E-state index contributed by atoms with van der Waals surface area (Å²) in [6, 6.07) is 17.0. The van der Waals surface area contributed by atoms with Crippen LogP contribution in [0.15, 0.2) is 54.6 Å². The minimum absolute atomic E-state index is 0.176. The Morgan fingerprint density at radius 3 is 2.03 bits per heavy atom. The SMILES string of the molecule is CCCCCCCCCOC(=O)CCCCC(=O)OCc1cccc(Oc2ccccc2)c1. The molecule has 0 amide bonds. The van der Waals surface area contributed by atoms with Crippen molar-refractivity contribution in [3.8, 4) is 11.5 Å². The number of carbonyl (C=O) groups is 2. The lowest BCUT2D eigenvalue weighted by Crippen LogP contribution is -2.07. The first-order valence-electron chi connectivity index (χ1n) is 12.3. The molecule has 180 valence electrons. The fourth-order valence-electron chi connectivity index (χ4n) is 3.42. The third kappa shape index (κ3) is 12.7. The quantitative estimate of drug-likeness (QED) is 0.184. The van der Waals surface area contributed by atoms with E-state index >= 15 is 0 Å². The highest BCUT2D eigenvalue weighted by Crippen LogP contribution is 2.22. The van der Waals surface area contributed by atoms with Crippen molar-refractivity contribution < 1.29 is 23.8 Å². The van der Waals surface area contributed by atoms with Gasteiger partial charge in [0, 0.05) is 12.8 Å². The Hall–Kier alpha value is -2.82. The molecule has 2 aromatic carbocycles. The predicted molar refractivity (Wildman–Crippen MR) is 130 cm³/mol. The molecule has 0 aliphatic carbocycles. The molecule has 2 aromatic rings. The molecule has 0 aliphatic heterocycles. The Kier molecular flexibility index (Phi) is 13.4. The molecule has 0 fully saturated rings. The van der Waals surface area contributed by atoms with Gasteiger partial charge in [0.2, 0.25) is 0 Å². The maximum Gasteiger partial charge on any atom is 0.306 e. The van der Waals surface area contributed by atoms with Gasteiger partial charge in [0.05, 0.1) is 6.61 Å². The van der Waals surface area contributed by atoms with Crippen molar-refractivity contribution in [2.45, 2.75) is 84.2 Å². The smallest absolute Gasteiger partial charge is 0.306 e. The average molecular weight is 455 g/mol. The molecule has 0 saturated heterocycles. The number of ether oxygens (including phenoxy) is 3. The number of carbonyl (C=O) groups excluding carboxylic acids is 2.